The van der Waals surface area contributed by atoms with Crippen LogP contribution in [0.15, 0.2) is 35.3 Å². The Bertz CT molecular complexity index is 1450. The number of hydrogen-bond acceptors (Lipinski definition) is 7. The second-order valence-electron chi connectivity index (χ2n) is 9.02. The number of Topliss-reactive ketones (excluding diaryl/α,β-unsaturated/α-hetero) is 1. The topological polar surface area (TPSA) is 108 Å². The van der Waals surface area contributed by atoms with Gasteiger partial charge in [0.1, 0.15) is 0 Å². The molecule has 0 unspecified atom stereocenters. The molecule has 2 aliphatic heterocycles. The lowest BCUT2D eigenvalue weighted by Gasteiger charge is -2.30. The van der Waals surface area contributed by atoms with Gasteiger partial charge in [-0.15, -0.1) is 0 Å². The molecule has 0 saturated carbocycles. The van der Waals surface area contributed by atoms with E-state index in [4.69, 9.17) is 27.9 Å². The highest BCUT2D eigenvalue weighted by Crippen LogP contribution is 2.31. The van der Waals surface area contributed by atoms with E-state index in [0.717, 1.165) is 5.56 Å². The van der Waals surface area contributed by atoms with E-state index in [0.29, 0.717) is 67.2 Å². The number of fused-ring (bicyclic) bond motifs is 1. The lowest BCUT2D eigenvalue weighted by Crippen LogP contribution is -2.37. The Labute approximate surface area is 222 Å². The molecule has 0 spiro atoms. The Morgan fingerprint density at radius 1 is 1.08 bits per heavy atom. The number of aromatic nitrogens is 2. The fraction of sp³-hybridized carbons (Fsp3) is 0.360. The molecule has 194 valence electrons. The summed E-state index contributed by atoms with van der Waals surface area (Å²) in [7, 11) is 1.69. The van der Waals surface area contributed by atoms with Crippen LogP contribution in [0.4, 0.5) is 16.2 Å². The molecule has 2 fully saturated rings. The van der Waals surface area contributed by atoms with Crippen LogP contribution in [0.2, 0.25) is 10.0 Å². The third-order valence-corrected chi connectivity index (χ3v) is 7.38. The number of amides is 2. The van der Waals surface area contributed by atoms with Crippen molar-refractivity contribution in [3.05, 3.63) is 62.1 Å². The van der Waals surface area contributed by atoms with Crippen LogP contribution < -0.4 is 15.4 Å². The molecule has 1 aromatic carbocycles. The Morgan fingerprint density at radius 3 is 2.51 bits per heavy atom. The Kier molecular flexibility index (Phi) is 6.98. The molecule has 37 heavy (non-hydrogen) atoms. The molecule has 2 amide bonds. The smallest absolute Gasteiger partial charge is 0.324 e. The largest absolute Gasteiger partial charge is 0.501 e. The monoisotopic (exact) mass is 545 g/mol. The molecule has 2 aromatic heterocycles. The number of ether oxygens (including phenoxy) is 1. The molecule has 0 bridgehead atoms. The summed E-state index contributed by atoms with van der Waals surface area (Å²) in [6.45, 7) is 3.18. The van der Waals surface area contributed by atoms with Crippen molar-refractivity contribution in [2.24, 2.45) is 0 Å². The zero-order chi connectivity index (χ0) is 26.3. The average molecular weight is 546 g/mol. The zero-order valence-electron chi connectivity index (χ0n) is 20.1. The van der Waals surface area contributed by atoms with Crippen LogP contribution >= 0.6 is 23.2 Å². The van der Waals surface area contributed by atoms with Gasteiger partial charge in [-0.05, 0) is 30.2 Å². The molecule has 0 atom stereocenters. The van der Waals surface area contributed by atoms with Gasteiger partial charge in [-0.2, -0.15) is 0 Å². The van der Waals surface area contributed by atoms with Crippen LogP contribution in [0.3, 0.4) is 0 Å². The van der Waals surface area contributed by atoms with Crippen LogP contribution in [-0.4, -0.2) is 77.6 Å². The van der Waals surface area contributed by atoms with Crippen LogP contribution in [0.1, 0.15) is 22.5 Å². The van der Waals surface area contributed by atoms with Crippen molar-refractivity contribution in [2.75, 3.05) is 56.2 Å². The summed E-state index contributed by atoms with van der Waals surface area (Å²) >= 11 is 12.0. The molecule has 10 nitrogen and oxygen atoms in total. The summed E-state index contributed by atoms with van der Waals surface area (Å²) < 4.78 is 6.64. The number of aromatic hydroxyl groups is 1. The first-order valence-electron chi connectivity index (χ1n) is 11.9. The zero-order valence-corrected chi connectivity index (χ0v) is 21.6. The van der Waals surface area contributed by atoms with E-state index in [1.54, 1.807) is 42.4 Å². The average Bonchev–Trinajstić information content (AvgIpc) is 3.24. The van der Waals surface area contributed by atoms with Gasteiger partial charge in [-0.3, -0.25) is 18.9 Å². The highest BCUT2D eigenvalue weighted by molar-refractivity contribution is 6.42. The molecular formula is C25H25Cl2N5O5. The summed E-state index contributed by atoms with van der Waals surface area (Å²) in [5, 5.41) is 11.5. The van der Waals surface area contributed by atoms with Crippen molar-refractivity contribution in [2.45, 2.75) is 12.8 Å². The van der Waals surface area contributed by atoms with E-state index in [2.05, 4.69) is 4.98 Å². The quantitative estimate of drug-likeness (QED) is 0.473. The fourth-order valence-electron chi connectivity index (χ4n) is 4.53. The summed E-state index contributed by atoms with van der Waals surface area (Å²) in [5.41, 5.74) is 0.886. The van der Waals surface area contributed by atoms with E-state index in [1.807, 2.05) is 4.90 Å². The maximum Gasteiger partial charge on any atom is 0.324 e. The van der Waals surface area contributed by atoms with Gasteiger partial charge in [-0.25, -0.2) is 9.78 Å². The second-order valence-corrected chi connectivity index (χ2v) is 9.83. The predicted octanol–water partition coefficient (Wildman–Crippen LogP) is 3.23. The molecular weight excluding hydrogens is 521 g/mol. The summed E-state index contributed by atoms with van der Waals surface area (Å²) in [6, 6.07) is 6.62. The van der Waals surface area contributed by atoms with Crippen molar-refractivity contribution in [1.82, 2.24) is 14.3 Å². The van der Waals surface area contributed by atoms with Crippen LogP contribution in [0.25, 0.3) is 5.65 Å². The van der Waals surface area contributed by atoms with Gasteiger partial charge in [0.15, 0.2) is 17.1 Å². The third kappa shape index (κ3) is 4.84. The van der Waals surface area contributed by atoms with Gasteiger partial charge in [-0.1, -0.05) is 29.3 Å². The maximum absolute atomic E-state index is 13.3. The number of nitrogens with zero attached hydrogens (tertiary/aromatic N) is 5. The number of ketones is 1. The van der Waals surface area contributed by atoms with Crippen molar-refractivity contribution < 1.29 is 19.4 Å². The van der Waals surface area contributed by atoms with Gasteiger partial charge in [0.05, 0.1) is 34.6 Å². The van der Waals surface area contributed by atoms with Gasteiger partial charge in [0, 0.05) is 45.8 Å². The van der Waals surface area contributed by atoms with E-state index in [-0.39, 0.29) is 23.8 Å². The number of rotatable bonds is 6. The number of likely N-dealkylation sites (N-methyl/N-ethyl adjacent to an activating group) is 1. The lowest BCUT2D eigenvalue weighted by atomic mass is 10.1. The molecule has 2 aliphatic rings. The van der Waals surface area contributed by atoms with Crippen LogP contribution in [0.5, 0.6) is 5.75 Å². The first-order valence-corrected chi connectivity index (χ1v) is 12.6. The number of benzene rings is 1. The summed E-state index contributed by atoms with van der Waals surface area (Å²) in [5.74, 6) is -1.23. The SMILES string of the molecule is CN1CCN(c2cc(N3CCOCC3)cn3c(=O)c(O)c(C(=O)CCc4ccc(Cl)c(Cl)c4)nc23)C1=O. The Hall–Kier alpha value is -3.34. The first kappa shape index (κ1) is 25.3. The molecule has 3 aromatic rings. The second kappa shape index (κ2) is 10.2. The highest BCUT2D eigenvalue weighted by Gasteiger charge is 2.31. The number of morpholine rings is 1. The number of aryl methyl sites for hydroxylation is 1. The van der Waals surface area contributed by atoms with Crippen molar-refractivity contribution >= 4 is 52.0 Å². The minimum Gasteiger partial charge on any atom is -0.501 e. The van der Waals surface area contributed by atoms with Gasteiger partial charge in [0.2, 0.25) is 5.75 Å². The van der Waals surface area contributed by atoms with Crippen LogP contribution in [-0.2, 0) is 11.2 Å². The number of anilines is 2. The lowest BCUT2D eigenvalue weighted by molar-refractivity contribution is 0.0975. The minimum absolute atomic E-state index is 0.0132. The van der Waals surface area contributed by atoms with E-state index >= 15 is 0 Å². The predicted molar refractivity (Wildman–Crippen MR) is 141 cm³/mol. The molecule has 12 heteroatoms. The number of urea groups is 1. The number of hydrogen-bond donors (Lipinski definition) is 1. The van der Waals surface area contributed by atoms with Crippen molar-refractivity contribution in [1.29, 1.82) is 0 Å². The number of pyridine rings is 1. The molecule has 0 aliphatic carbocycles. The van der Waals surface area contributed by atoms with Gasteiger partial charge in [0.25, 0.3) is 0 Å². The third-order valence-electron chi connectivity index (χ3n) is 6.64. The number of carbonyl (C=O) groups is 2. The van der Waals surface area contributed by atoms with E-state index < -0.39 is 17.1 Å². The summed E-state index contributed by atoms with van der Waals surface area (Å²) in [4.78, 5) is 48.9. The standard InChI is InChI=1S/C25H25Cl2N5O5/c1-29-6-7-31(25(29)36)19-13-16(30-8-10-37-11-9-30)14-32-23(19)28-21(22(34)24(32)35)20(33)5-3-15-2-4-17(26)18(27)12-15/h2,4,12-14,34H,3,5-11H2,1H3. The Balaban J connectivity index is 1.57. The number of halogens is 2. The Morgan fingerprint density at radius 2 is 1.84 bits per heavy atom. The minimum atomic E-state index is -0.778. The fourth-order valence-corrected chi connectivity index (χ4v) is 4.85. The van der Waals surface area contributed by atoms with Gasteiger partial charge >= 0.3 is 11.6 Å². The molecule has 5 rings (SSSR count). The van der Waals surface area contributed by atoms with Gasteiger partial charge < -0.3 is 19.6 Å². The molecule has 0 radical (unpaired) electrons. The first-order chi connectivity index (χ1) is 17.7. The highest BCUT2D eigenvalue weighted by atomic mass is 35.5. The molecule has 1 N–H and O–H groups in total. The van der Waals surface area contributed by atoms with E-state index in [1.165, 1.54) is 9.30 Å². The van der Waals surface area contributed by atoms with E-state index in [9.17, 15) is 19.5 Å². The summed E-state index contributed by atoms with van der Waals surface area (Å²) in [6.07, 6.45) is 1.88. The number of carbonyl (C=O) groups excluding carboxylic acids is 2. The van der Waals surface area contributed by atoms with Crippen molar-refractivity contribution in [3.8, 4) is 5.75 Å². The normalized spacial score (nSPS) is 16.2. The van der Waals surface area contributed by atoms with Crippen LogP contribution in [0, 0.1) is 0 Å². The molecule has 2 saturated heterocycles. The molecule has 4 heterocycles. The van der Waals surface area contributed by atoms with Crippen molar-refractivity contribution in [3.63, 3.8) is 0 Å². The maximum atomic E-state index is 13.3.